The van der Waals surface area contributed by atoms with Crippen LogP contribution in [0.2, 0.25) is 0 Å². The Labute approximate surface area is 110 Å². The lowest BCUT2D eigenvalue weighted by molar-refractivity contribution is 0.250. The second-order valence-corrected chi connectivity index (χ2v) is 5.86. The van der Waals surface area contributed by atoms with Gasteiger partial charge in [-0.3, -0.25) is 0 Å². The molecule has 1 aromatic rings. The van der Waals surface area contributed by atoms with Crippen molar-refractivity contribution in [3.8, 4) is 0 Å². The summed E-state index contributed by atoms with van der Waals surface area (Å²) in [7, 11) is 1.95. The average molecular weight is 304 g/mol. The summed E-state index contributed by atoms with van der Waals surface area (Å²) >= 11 is 5.29. The van der Waals surface area contributed by atoms with E-state index in [1.54, 1.807) is 11.8 Å². The van der Waals surface area contributed by atoms with Crippen molar-refractivity contribution < 1.29 is 5.11 Å². The third-order valence-electron chi connectivity index (χ3n) is 2.23. The average Bonchev–Trinajstić information content (AvgIpc) is 2.29. The van der Waals surface area contributed by atoms with Crippen molar-refractivity contribution in [1.82, 2.24) is 5.32 Å². The van der Waals surface area contributed by atoms with Gasteiger partial charge in [0, 0.05) is 28.3 Å². The van der Waals surface area contributed by atoms with Crippen LogP contribution in [0.15, 0.2) is 27.6 Å². The highest BCUT2D eigenvalue weighted by Crippen LogP contribution is 2.28. The SMILES string of the molecule is CNCc1ccc(Br)cc1SCC(C)CO. The molecule has 1 unspecified atom stereocenters. The predicted molar refractivity (Wildman–Crippen MR) is 73.9 cm³/mol. The van der Waals surface area contributed by atoms with Crippen LogP contribution in [-0.4, -0.2) is 24.5 Å². The molecule has 0 aliphatic carbocycles. The van der Waals surface area contributed by atoms with E-state index in [9.17, 15) is 0 Å². The monoisotopic (exact) mass is 303 g/mol. The van der Waals surface area contributed by atoms with Crippen LogP contribution in [0.4, 0.5) is 0 Å². The molecule has 0 bridgehead atoms. The van der Waals surface area contributed by atoms with E-state index >= 15 is 0 Å². The van der Waals surface area contributed by atoms with Gasteiger partial charge in [-0.1, -0.05) is 28.9 Å². The fourth-order valence-corrected chi connectivity index (χ4v) is 2.90. The topological polar surface area (TPSA) is 32.3 Å². The first kappa shape index (κ1) is 14.0. The van der Waals surface area contributed by atoms with Crippen LogP contribution in [0.25, 0.3) is 0 Å². The summed E-state index contributed by atoms with van der Waals surface area (Å²) in [5.41, 5.74) is 1.31. The molecule has 0 saturated carbocycles. The second kappa shape index (κ2) is 7.33. The van der Waals surface area contributed by atoms with E-state index in [-0.39, 0.29) is 6.61 Å². The zero-order valence-corrected chi connectivity index (χ0v) is 12.1. The number of aliphatic hydroxyl groups excluding tert-OH is 1. The highest BCUT2D eigenvalue weighted by Gasteiger charge is 2.06. The fraction of sp³-hybridized carbons (Fsp3) is 0.500. The summed E-state index contributed by atoms with van der Waals surface area (Å²) in [5.74, 6) is 1.29. The number of aliphatic hydroxyl groups is 1. The highest BCUT2D eigenvalue weighted by atomic mass is 79.9. The van der Waals surface area contributed by atoms with E-state index in [4.69, 9.17) is 5.11 Å². The van der Waals surface area contributed by atoms with Gasteiger partial charge in [0.2, 0.25) is 0 Å². The van der Waals surface area contributed by atoms with E-state index in [1.165, 1.54) is 10.5 Å². The molecule has 90 valence electrons. The molecule has 2 nitrogen and oxygen atoms in total. The fourth-order valence-electron chi connectivity index (χ4n) is 1.28. The zero-order chi connectivity index (χ0) is 12.0. The van der Waals surface area contributed by atoms with Gasteiger partial charge in [0.25, 0.3) is 0 Å². The quantitative estimate of drug-likeness (QED) is 0.793. The molecule has 4 heteroatoms. The molecule has 0 radical (unpaired) electrons. The molecule has 1 atom stereocenters. The number of thioether (sulfide) groups is 1. The number of halogens is 1. The van der Waals surface area contributed by atoms with Crippen molar-refractivity contribution in [2.75, 3.05) is 19.4 Å². The number of hydrogen-bond donors (Lipinski definition) is 2. The molecule has 1 rings (SSSR count). The predicted octanol–water partition coefficient (Wildman–Crippen LogP) is 2.89. The molecule has 0 aliphatic rings. The number of benzene rings is 1. The Balaban J connectivity index is 2.71. The molecule has 16 heavy (non-hydrogen) atoms. The summed E-state index contributed by atoms with van der Waals surface area (Å²) in [6, 6.07) is 6.33. The van der Waals surface area contributed by atoms with Gasteiger partial charge in [-0.15, -0.1) is 11.8 Å². The van der Waals surface area contributed by atoms with Crippen LogP contribution in [0.1, 0.15) is 12.5 Å². The standard InChI is InChI=1S/C12H18BrNOS/c1-9(7-15)8-16-12-5-11(13)4-3-10(12)6-14-2/h3-5,9,14-15H,6-8H2,1-2H3. The molecule has 0 amide bonds. The smallest absolute Gasteiger partial charge is 0.0464 e. The molecule has 1 aromatic carbocycles. The van der Waals surface area contributed by atoms with Crippen molar-refractivity contribution >= 4 is 27.7 Å². The van der Waals surface area contributed by atoms with Crippen LogP contribution in [0.5, 0.6) is 0 Å². The van der Waals surface area contributed by atoms with Gasteiger partial charge in [-0.25, -0.2) is 0 Å². The third-order valence-corrected chi connectivity index (χ3v) is 4.15. The minimum absolute atomic E-state index is 0.252. The van der Waals surface area contributed by atoms with Gasteiger partial charge in [-0.2, -0.15) is 0 Å². The normalized spacial score (nSPS) is 12.8. The molecule has 0 aliphatic heterocycles. The molecule has 0 aromatic heterocycles. The summed E-state index contributed by atoms with van der Waals surface area (Å²) < 4.78 is 1.10. The van der Waals surface area contributed by atoms with Gasteiger partial charge < -0.3 is 10.4 Å². The number of nitrogens with one attached hydrogen (secondary N) is 1. The highest BCUT2D eigenvalue weighted by molar-refractivity contribution is 9.10. The molecule has 0 heterocycles. The van der Waals surface area contributed by atoms with E-state index in [2.05, 4.69) is 46.4 Å². The minimum atomic E-state index is 0.252. The van der Waals surface area contributed by atoms with E-state index in [1.807, 2.05) is 7.05 Å². The Morgan fingerprint density at radius 2 is 2.25 bits per heavy atom. The second-order valence-electron chi connectivity index (χ2n) is 3.88. The van der Waals surface area contributed by atoms with Gasteiger partial charge >= 0.3 is 0 Å². The van der Waals surface area contributed by atoms with Gasteiger partial charge in [-0.05, 0) is 30.7 Å². The molecule has 2 N–H and O–H groups in total. The first-order chi connectivity index (χ1) is 7.67. The molecule has 0 fully saturated rings. The van der Waals surface area contributed by atoms with E-state index in [0.717, 1.165) is 16.8 Å². The molecule has 0 spiro atoms. The van der Waals surface area contributed by atoms with Crippen LogP contribution in [0, 0.1) is 5.92 Å². The van der Waals surface area contributed by atoms with Crippen molar-refractivity contribution in [3.63, 3.8) is 0 Å². The Kier molecular flexibility index (Phi) is 6.43. The Bertz CT molecular complexity index is 333. The molecular formula is C12H18BrNOS. The van der Waals surface area contributed by atoms with Crippen LogP contribution in [-0.2, 0) is 6.54 Å². The van der Waals surface area contributed by atoms with Crippen molar-refractivity contribution in [1.29, 1.82) is 0 Å². The van der Waals surface area contributed by atoms with Crippen LogP contribution >= 0.6 is 27.7 Å². The van der Waals surface area contributed by atoms with Crippen molar-refractivity contribution in [2.24, 2.45) is 5.92 Å². The lowest BCUT2D eigenvalue weighted by atomic mass is 10.2. The maximum atomic E-state index is 9.01. The lowest BCUT2D eigenvalue weighted by Gasteiger charge is -2.12. The summed E-state index contributed by atoms with van der Waals surface area (Å²) in [6.07, 6.45) is 0. The van der Waals surface area contributed by atoms with E-state index < -0.39 is 0 Å². The molecule has 0 saturated heterocycles. The van der Waals surface area contributed by atoms with Crippen LogP contribution in [0.3, 0.4) is 0 Å². The van der Waals surface area contributed by atoms with E-state index in [0.29, 0.717) is 5.92 Å². The Morgan fingerprint density at radius 1 is 1.50 bits per heavy atom. The summed E-state index contributed by atoms with van der Waals surface area (Å²) in [6.45, 7) is 3.19. The van der Waals surface area contributed by atoms with Gasteiger partial charge in [0.1, 0.15) is 0 Å². The van der Waals surface area contributed by atoms with Crippen molar-refractivity contribution in [3.05, 3.63) is 28.2 Å². The minimum Gasteiger partial charge on any atom is -0.396 e. The summed E-state index contributed by atoms with van der Waals surface area (Å²) in [5, 5.41) is 12.2. The maximum Gasteiger partial charge on any atom is 0.0464 e. The Hall–Kier alpha value is -0.0300. The first-order valence-electron chi connectivity index (χ1n) is 5.34. The largest absolute Gasteiger partial charge is 0.396 e. The van der Waals surface area contributed by atoms with Crippen LogP contribution < -0.4 is 5.32 Å². The number of hydrogen-bond acceptors (Lipinski definition) is 3. The Morgan fingerprint density at radius 3 is 2.88 bits per heavy atom. The summed E-state index contributed by atoms with van der Waals surface area (Å²) in [4.78, 5) is 1.28. The zero-order valence-electron chi connectivity index (χ0n) is 9.66. The first-order valence-corrected chi connectivity index (χ1v) is 7.12. The van der Waals surface area contributed by atoms with Gasteiger partial charge in [0.05, 0.1) is 0 Å². The number of rotatable bonds is 6. The third kappa shape index (κ3) is 4.45. The maximum absolute atomic E-state index is 9.01. The lowest BCUT2D eigenvalue weighted by Crippen LogP contribution is -2.07. The van der Waals surface area contributed by atoms with Crippen molar-refractivity contribution in [2.45, 2.75) is 18.4 Å². The van der Waals surface area contributed by atoms with Gasteiger partial charge in [0.15, 0.2) is 0 Å². The molecular weight excluding hydrogens is 286 g/mol.